The Hall–Kier alpha value is -0.600. The van der Waals surface area contributed by atoms with Crippen molar-refractivity contribution in [2.75, 3.05) is 6.54 Å². The standard InChI is InChI=1S/C10H16FNO/c1-10(2,11)9(13)12-5-3-4-7-6-8(7)12/h7-8H,3-6H2,1-2H3. The quantitative estimate of drug-likeness (QED) is 0.609. The second-order valence-electron chi connectivity index (χ2n) is 4.68. The van der Waals surface area contributed by atoms with Gasteiger partial charge in [0, 0.05) is 12.6 Å². The molecule has 2 nitrogen and oxygen atoms in total. The molecule has 2 rings (SSSR count). The molecule has 0 spiro atoms. The number of hydrogen-bond donors (Lipinski definition) is 0. The van der Waals surface area contributed by atoms with Crippen LogP contribution in [0.4, 0.5) is 4.39 Å². The second-order valence-corrected chi connectivity index (χ2v) is 4.68. The van der Waals surface area contributed by atoms with Gasteiger partial charge in [-0.3, -0.25) is 4.79 Å². The summed E-state index contributed by atoms with van der Waals surface area (Å²) in [4.78, 5) is 13.4. The Morgan fingerprint density at radius 2 is 2.23 bits per heavy atom. The average molecular weight is 185 g/mol. The molecule has 0 bridgehead atoms. The van der Waals surface area contributed by atoms with E-state index >= 15 is 0 Å². The summed E-state index contributed by atoms with van der Waals surface area (Å²) in [5, 5.41) is 0. The maximum atomic E-state index is 13.4. The van der Waals surface area contributed by atoms with Crippen molar-refractivity contribution >= 4 is 5.91 Å². The summed E-state index contributed by atoms with van der Waals surface area (Å²) >= 11 is 0. The van der Waals surface area contributed by atoms with Crippen LogP contribution in [0.25, 0.3) is 0 Å². The Kier molecular flexibility index (Phi) is 1.86. The molecule has 0 radical (unpaired) electrons. The van der Waals surface area contributed by atoms with E-state index in [4.69, 9.17) is 0 Å². The molecular weight excluding hydrogens is 169 g/mol. The highest BCUT2D eigenvalue weighted by Gasteiger charge is 2.48. The van der Waals surface area contributed by atoms with Crippen molar-refractivity contribution in [3.8, 4) is 0 Å². The number of piperidine rings is 1. The minimum atomic E-state index is -1.69. The van der Waals surface area contributed by atoms with Gasteiger partial charge in [-0.25, -0.2) is 4.39 Å². The fraction of sp³-hybridized carbons (Fsp3) is 0.900. The van der Waals surface area contributed by atoms with Crippen LogP contribution in [0.3, 0.4) is 0 Å². The monoisotopic (exact) mass is 185 g/mol. The van der Waals surface area contributed by atoms with E-state index in [0.717, 1.165) is 19.4 Å². The van der Waals surface area contributed by atoms with Gasteiger partial charge in [-0.05, 0) is 39.0 Å². The third-order valence-electron chi connectivity index (χ3n) is 3.03. The molecule has 74 valence electrons. The lowest BCUT2D eigenvalue weighted by molar-refractivity contribution is -0.143. The topological polar surface area (TPSA) is 20.3 Å². The largest absolute Gasteiger partial charge is 0.337 e. The summed E-state index contributed by atoms with van der Waals surface area (Å²) in [7, 11) is 0. The molecule has 1 aliphatic heterocycles. The first-order chi connectivity index (χ1) is 6.00. The highest BCUT2D eigenvalue weighted by Crippen LogP contribution is 2.43. The van der Waals surface area contributed by atoms with Crippen LogP contribution in [0.15, 0.2) is 0 Å². The molecule has 1 saturated heterocycles. The van der Waals surface area contributed by atoms with Crippen molar-refractivity contribution in [3.63, 3.8) is 0 Å². The Morgan fingerprint density at radius 3 is 2.85 bits per heavy atom. The maximum Gasteiger partial charge on any atom is 0.259 e. The fourth-order valence-electron chi connectivity index (χ4n) is 2.21. The third kappa shape index (κ3) is 1.56. The van der Waals surface area contributed by atoms with Gasteiger partial charge in [0.05, 0.1) is 0 Å². The van der Waals surface area contributed by atoms with Gasteiger partial charge in [0.2, 0.25) is 0 Å². The number of carbonyl (C=O) groups is 1. The van der Waals surface area contributed by atoms with E-state index in [0.29, 0.717) is 12.0 Å². The lowest BCUT2D eigenvalue weighted by Crippen LogP contribution is -2.46. The zero-order valence-electron chi connectivity index (χ0n) is 8.22. The predicted octanol–water partition coefficient (Wildman–Crippen LogP) is 1.75. The Balaban J connectivity index is 2.04. The zero-order chi connectivity index (χ0) is 9.64. The number of amides is 1. The highest BCUT2D eigenvalue weighted by atomic mass is 19.1. The van der Waals surface area contributed by atoms with Crippen LogP contribution in [0.2, 0.25) is 0 Å². The molecule has 0 N–H and O–H groups in total. The van der Waals surface area contributed by atoms with Gasteiger partial charge in [-0.2, -0.15) is 0 Å². The van der Waals surface area contributed by atoms with Crippen LogP contribution in [0.1, 0.15) is 33.1 Å². The molecule has 3 heteroatoms. The molecule has 1 saturated carbocycles. The van der Waals surface area contributed by atoms with E-state index < -0.39 is 5.67 Å². The van der Waals surface area contributed by atoms with Crippen molar-refractivity contribution in [2.45, 2.75) is 44.8 Å². The van der Waals surface area contributed by atoms with Crippen LogP contribution in [0.5, 0.6) is 0 Å². The Bertz CT molecular complexity index is 234. The van der Waals surface area contributed by atoms with Crippen molar-refractivity contribution in [3.05, 3.63) is 0 Å². The number of fused-ring (bicyclic) bond motifs is 1. The SMILES string of the molecule is CC(C)(F)C(=O)N1CCCC2CC21. The smallest absolute Gasteiger partial charge is 0.259 e. The zero-order valence-corrected chi connectivity index (χ0v) is 8.22. The van der Waals surface area contributed by atoms with E-state index in [1.807, 2.05) is 0 Å². The molecule has 2 aliphatic rings. The molecule has 2 fully saturated rings. The summed E-state index contributed by atoms with van der Waals surface area (Å²) in [5.41, 5.74) is -1.69. The van der Waals surface area contributed by atoms with E-state index in [-0.39, 0.29) is 5.91 Å². The van der Waals surface area contributed by atoms with Gasteiger partial charge in [-0.1, -0.05) is 0 Å². The van der Waals surface area contributed by atoms with Crippen molar-refractivity contribution in [1.82, 2.24) is 4.90 Å². The summed E-state index contributed by atoms with van der Waals surface area (Å²) in [6.07, 6.45) is 3.37. The van der Waals surface area contributed by atoms with Crippen LogP contribution in [0, 0.1) is 5.92 Å². The first-order valence-corrected chi connectivity index (χ1v) is 5.00. The number of hydrogen-bond acceptors (Lipinski definition) is 1. The predicted molar refractivity (Wildman–Crippen MR) is 48.0 cm³/mol. The van der Waals surface area contributed by atoms with Gasteiger partial charge >= 0.3 is 0 Å². The second kappa shape index (κ2) is 2.69. The van der Waals surface area contributed by atoms with E-state index in [9.17, 15) is 9.18 Å². The molecule has 13 heavy (non-hydrogen) atoms. The lowest BCUT2D eigenvalue weighted by Gasteiger charge is -2.30. The number of rotatable bonds is 1. The van der Waals surface area contributed by atoms with Gasteiger partial charge in [0.1, 0.15) is 0 Å². The molecule has 2 unspecified atom stereocenters. The third-order valence-corrected chi connectivity index (χ3v) is 3.03. The van der Waals surface area contributed by atoms with Crippen molar-refractivity contribution in [2.24, 2.45) is 5.92 Å². The first-order valence-electron chi connectivity index (χ1n) is 5.00. The minimum absolute atomic E-state index is 0.320. The lowest BCUT2D eigenvalue weighted by atomic mass is 10.1. The summed E-state index contributed by atoms with van der Waals surface area (Å²) in [5.74, 6) is 0.361. The van der Waals surface area contributed by atoms with Gasteiger partial charge in [0.15, 0.2) is 5.67 Å². The first kappa shape index (κ1) is 8.97. The van der Waals surface area contributed by atoms with Gasteiger partial charge < -0.3 is 4.90 Å². The highest BCUT2D eigenvalue weighted by molar-refractivity contribution is 5.85. The minimum Gasteiger partial charge on any atom is -0.337 e. The van der Waals surface area contributed by atoms with Crippen molar-refractivity contribution < 1.29 is 9.18 Å². The maximum absolute atomic E-state index is 13.4. The molecule has 0 aromatic carbocycles. The molecule has 0 aromatic rings. The van der Waals surface area contributed by atoms with Gasteiger partial charge in [0.25, 0.3) is 5.91 Å². The van der Waals surface area contributed by atoms with Crippen LogP contribution in [-0.4, -0.2) is 29.1 Å². The number of halogens is 1. The summed E-state index contributed by atoms with van der Waals surface area (Å²) in [6, 6.07) is 0.372. The number of alkyl halides is 1. The van der Waals surface area contributed by atoms with E-state index in [1.54, 1.807) is 4.90 Å². The number of likely N-dealkylation sites (tertiary alicyclic amines) is 1. The Morgan fingerprint density at radius 1 is 1.54 bits per heavy atom. The average Bonchev–Trinajstić information content (AvgIpc) is 2.78. The van der Waals surface area contributed by atoms with E-state index in [2.05, 4.69) is 0 Å². The molecule has 1 aliphatic carbocycles. The summed E-state index contributed by atoms with van der Waals surface area (Å²) in [6.45, 7) is 3.45. The van der Waals surface area contributed by atoms with Crippen LogP contribution < -0.4 is 0 Å². The van der Waals surface area contributed by atoms with E-state index in [1.165, 1.54) is 20.3 Å². The number of nitrogens with zero attached hydrogens (tertiary/aromatic N) is 1. The van der Waals surface area contributed by atoms with Crippen LogP contribution >= 0.6 is 0 Å². The van der Waals surface area contributed by atoms with Crippen molar-refractivity contribution in [1.29, 1.82) is 0 Å². The van der Waals surface area contributed by atoms with Crippen LogP contribution in [-0.2, 0) is 4.79 Å². The summed E-state index contributed by atoms with van der Waals surface area (Å²) < 4.78 is 13.4. The Labute approximate surface area is 78.1 Å². The molecule has 2 atom stereocenters. The molecule has 1 heterocycles. The number of carbonyl (C=O) groups excluding carboxylic acids is 1. The fourth-order valence-corrected chi connectivity index (χ4v) is 2.21. The molecule has 1 amide bonds. The molecular formula is C10H16FNO. The normalized spacial score (nSPS) is 32.7. The molecule has 0 aromatic heterocycles. The van der Waals surface area contributed by atoms with Gasteiger partial charge in [-0.15, -0.1) is 0 Å².